The molecule has 0 amide bonds. The van der Waals surface area contributed by atoms with E-state index < -0.39 is 30.0 Å². The summed E-state index contributed by atoms with van der Waals surface area (Å²) in [5, 5.41) is 0. The summed E-state index contributed by atoms with van der Waals surface area (Å²) in [4.78, 5) is 11.1. The van der Waals surface area contributed by atoms with Crippen LogP contribution in [0.25, 0.3) is 0 Å². The first-order chi connectivity index (χ1) is 8.41. The molecule has 0 spiro atoms. The maximum atomic E-state index is 13.1. The van der Waals surface area contributed by atoms with Crippen molar-refractivity contribution in [1.29, 1.82) is 0 Å². The zero-order valence-corrected chi connectivity index (χ0v) is 10.3. The molecular formula is C11H12F6O2. The third-order valence-electron chi connectivity index (χ3n) is 1.90. The van der Waals surface area contributed by atoms with Crippen molar-refractivity contribution in [2.45, 2.75) is 39.2 Å². The van der Waals surface area contributed by atoms with Gasteiger partial charge in [-0.05, 0) is 20.8 Å². The number of halogens is 6. The summed E-state index contributed by atoms with van der Waals surface area (Å²) in [6, 6.07) is 0. The highest BCUT2D eigenvalue weighted by Gasteiger charge is 2.66. The molecule has 0 aromatic heterocycles. The predicted molar refractivity (Wildman–Crippen MR) is 55.2 cm³/mol. The first kappa shape index (κ1) is 17.5. The molecule has 0 saturated carbocycles. The Balaban J connectivity index is 5.15. The molecule has 1 unspecified atom stereocenters. The molecule has 110 valence electrons. The van der Waals surface area contributed by atoms with Crippen molar-refractivity contribution in [2.75, 3.05) is 0 Å². The van der Waals surface area contributed by atoms with Crippen LogP contribution in [0.5, 0.6) is 0 Å². The van der Waals surface area contributed by atoms with E-state index in [1.54, 1.807) is 13.8 Å². The first-order valence-corrected chi connectivity index (χ1v) is 5.00. The Hall–Kier alpha value is -1.47. The van der Waals surface area contributed by atoms with Crippen LogP contribution in [0.2, 0.25) is 0 Å². The van der Waals surface area contributed by atoms with E-state index in [2.05, 4.69) is 4.74 Å². The number of hydrogen-bond acceptors (Lipinski definition) is 2. The average molecular weight is 290 g/mol. The molecule has 1 atom stereocenters. The van der Waals surface area contributed by atoms with Crippen LogP contribution in [0.4, 0.5) is 26.3 Å². The maximum Gasteiger partial charge on any atom is 0.466 e. The second kappa shape index (κ2) is 6.12. The van der Waals surface area contributed by atoms with Crippen LogP contribution in [0, 0.1) is 0 Å². The molecule has 0 fully saturated rings. The van der Waals surface area contributed by atoms with Gasteiger partial charge in [-0.1, -0.05) is 17.7 Å². The van der Waals surface area contributed by atoms with Gasteiger partial charge in [0.05, 0.1) is 0 Å². The highest BCUT2D eigenvalue weighted by atomic mass is 19.4. The zero-order chi connectivity index (χ0) is 15.4. The lowest BCUT2D eigenvalue weighted by atomic mass is 10.2. The van der Waals surface area contributed by atoms with Gasteiger partial charge in [0.25, 0.3) is 0 Å². The molecule has 0 saturated heterocycles. The Morgan fingerprint density at radius 2 is 1.53 bits per heavy atom. The third kappa shape index (κ3) is 4.60. The summed E-state index contributed by atoms with van der Waals surface area (Å²) < 4.78 is 77.0. The molecule has 0 heterocycles. The second-order valence-corrected chi connectivity index (χ2v) is 3.93. The van der Waals surface area contributed by atoms with Gasteiger partial charge in [0.2, 0.25) is 0 Å². The van der Waals surface area contributed by atoms with Crippen molar-refractivity contribution in [3.05, 3.63) is 23.3 Å². The van der Waals surface area contributed by atoms with Gasteiger partial charge in [-0.25, -0.2) is 13.6 Å². The lowest BCUT2D eigenvalue weighted by Gasteiger charge is -2.26. The van der Waals surface area contributed by atoms with E-state index in [9.17, 15) is 31.1 Å². The SMILES string of the molecule is CC(C)=C/C=C(\C)C(=O)OC(F)(C(F)F)C(F)(F)F. The molecule has 2 nitrogen and oxygen atoms in total. The molecule has 0 aromatic rings. The highest BCUT2D eigenvalue weighted by Crippen LogP contribution is 2.40. The Bertz CT molecular complexity index is 392. The lowest BCUT2D eigenvalue weighted by Crippen LogP contribution is -2.51. The first-order valence-electron chi connectivity index (χ1n) is 5.00. The molecule has 8 heteroatoms. The van der Waals surface area contributed by atoms with Gasteiger partial charge in [-0.15, -0.1) is 0 Å². The van der Waals surface area contributed by atoms with Crippen LogP contribution < -0.4 is 0 Å². The van der Waals surface area contributed by atoms with Gasteiger partial charge >= 0.3 is 24.4 Å². The van der Waals surface area contributed by atoms with Crippen molar-refractivity contribution in [1.82, 2.24) is 0 Å². The summed E-state index contributed by atoms with van der Waals surface area (Å²) in [6.45, 7) is 4.27. The van der Waals surface area contributed by atoms with Crippen LogP contribution in [-0.2, 0) is 9.53 Å². The van der Waals surface area contributed by atoms with Gasteiger partial charge < -0.3 is 4.74 Å². The van der Waals surface area contributed by atoms with E-state index in [1.807, 2.05) is 0 Å². The summed E-state index contributed by atoms with van der Waals surface area (Å²) in [5.74, 6) is -7.12. The summed E-state index contributed by atoms with van der Waals surface area (Å²) in [6.07, 6.45) is -8.17. The topological polar surface area (TPSA) is 26.3 Å². The van der Waals surface area contributed by atoms with Crippen LogP contribution in [-0.4, -0.2) is 24.4 Å². The zero-order valence-electron chi connectivity index (χ0n) is 10.3. The number of hydrogen-bond donors (Lipinski definition) is 0. The van der Waals surface area contributed by atoms with Crippen LogP contribution >= 0.6 is 0 Å². The fraction of sp³-hybridized carbons (Fsp3) is 0.545. The van der Waals surface area contributed by atoms with E-state index in [0.717, 1.165) is 13.0 Å². The fourth-order valence-corrected chi connectivity index (χ4v) is 0.801. The van der Waals surface area contributed by atoms with Gasteiger partial charge in [0, 0.05) is 5.57 Å². The third-order valence-corrected chi connectivity index (χ3v) is 1.90. The van der Waals surface area contributed by atoms with Crippen molar-refractivity contribution >= 4 is 5.97 Å². The number of carbonyl (C=O) groups is 1. The Morgan fingerprint density at radius 3 is 1.84 bits per heavy atom. The van der Waals surface area contributed by atoms with Crippen LogP contribution in [0.15, 0.2) is 23.3 Å². The largest absolute Gasteiger partial charge is 0.466 e. The smallest absolute Gasteiger partial charge is 0.412 e. The number of ether oxygens (including phenoxy) is 1. The average Bonchev–Trinajstić information content (AvgIpc) is 2.23. The fourth-order valence-electron chi connectivity index (χ4n) is 0.801. The number of rotatable bonds is 4. The molecule has 0 aromatic carbocycles. The van der Waals surface area contributed by atoms with Crippen molar-refractivity contribution < 1.29 is 35.9 Å². The monoisotopic (exact) mass is 290 g/mol. The molecule has 0 aliphatic heterocycles. The minimum atomic E-state index is -6.02. The van der Waals surface area contributed by atoms with E-state index in [4.69, 9.17) is 0 Å². The van der Waals surface area contributed by atoms with E-state index in [1.165, 1.54) is 6.08 Å². The standard InChI is InChI=1S/C11H12F6O2/c1-6(2)4-5-7(3)8(18)19-10(14,9(12)13)11(15,16)17/h4-5,9H,1-3H3/b7-5+. The van der Waals surface area contributed by atoms with E-state index in [-0.39, 0.29) is 0 Å². The summed E-state index contributed by atoms with van der Waals surface area (Å²) in [5.41, 5.74) is 0.261. The maximum absolute atomic E-state index is 13.1. The summed E-state index contributed by atoms with van der Waals surface area (Å²) >= 11 is 0. The van der Waals surface area contributed by atoms with Gasteiger partial charge in [-0.2, -0.15) is 17.6 Å². The van der Waals surface area contributed by atoms with Crippen molar-refractivity contribution in [3.8, 4) is 0 Å². The number of alkyl halides is 6. The van der Waals surface area contributed by atoms with E-state index in [0.29, 0.717) is 5.57 Å². The Morgan fingerprint density at radius 1 is 1.05 bits per heavy atom. The van der Waals surface area contributed by atoms with Crippen LogP contribution in [0.3, 0.4) is 0 Å². The van der Waals surface area contributed by atoms with Crippen molar-refractivity contribution in [3.63, 3.8) is 0 Å². The van der Waals surface area contributed by atoms with Gasteiger partial charge in [0.15, 0.2) is 0 Å². The number of esters is 1. The Kier molecular flexibility index (Phi) is 5.64. The normalized spacial score (nSPS) is 16.0. The molecule has 0 N–H and O–H groups in total. The molecule has 0 radical (unpaired) electrons. The molecular weight excluding hydrogens is 278 g/mol. The second-order valence-electron chi connectivity index (χ2n) is 3.93. The molecule has 0 bridgehead atoms. The van der Waals surface area contributed by atoms with Gasteiger partial charge in [-0.3, -0.25) is 0 Å². The highest BCUT2D eigenvalue weighted by molar-refractivity contribution is 5.88. The molecule has 19 heavy (non-hydrogen) atoms. The molecule has 0 rings (SSSR count). The predicted octanol–water partition coefficient (Wildman–Crippen LogP) is 3.94. The molecule has 0 aliphatic rings. The number of carbonyl (C=O) groups excluding carboxylic acids is 1. The van der Waals surface area contributed by atoms with Gasteiger partial charge in [0.1, 0.15) is 0 Å². The lowest BCUT2D eigenvalue weighted by molar-refractivity contribution is -0.354. The quantitative estimate of drug-likeness (QED) is 0.339. The van der Waals surface area contributed by atoms with Crippen molar-refractivity contribution in [2.24, 2.45) is 0 Å². The molecule has 0 aliphatic carbocycles. The van der Waals surface area contributed by atoms with Crippen LogP contribution in [0.1, 0.15) is 20.8 Å². The Labute approximate surface area is 105 Å². The minimum Gasteiger partial charge on any atom is -0.412 e. The minimum absolute atomic E-state index is 0.437. The van der Waals surface area contributed by atoms with E-state index >= 15 is 0 Å². The number of allylic oxidation sites excluding steroid dienone is 3. The summed E-state index contributed by atoms with van der Waals surface area (Å²) in [7, 11) is 0.